The van der Waals surface area contributed by atoms with E-state index < -0.39 is 0 Å². The minimum Gasteiger partial charge on any atom is -0.495 e. The van der Waals surface area contributed by atoms with Crippen LogP contribution >= 0.6 is 0 Å². The van der Waals surface area contributed by atoms with E-state index in [1.807, 2.05) is 13.0 Å². The first-order valence-corrected chi connectivity index (χ1v) is 3.91. The van der Waals surface area contributed by atoms with E-state index in [9.17, 15) is 0 Å². The maximum absolute atomic E-state index is 5.74. The van der Waals surface area contributed by atoms with Gasteiger partial charge in [-0.1, -0.05) is 6.92 Å². The lowest BCUT2D eigenvalue weighted by Gasteiger charge is -2.08. The zero-order chi connectivity index (χ0) is 9.14. The Morgan fingerprint density at radius 1 is 1.25 bits per heavy atom. The third-order valence-corrected chi connectivity index (χ3v) is 1.87. The zero-order valence-electron chi connectivity index (χ0n) is 7.42. The van der Waals surface area contributed by atoms with Gasteiger partial charge in [0.1, 0.15) is 5.75 Å². The van der Waals surface area contributed by atoms with Crippen LogP contribution in [0, 0.1) is 0 Å². The van der Waals surface area contributed by atoms with Crippen LogP contribution in [-0.2, 0) is 6.42 Å². The number of nitrogen functional groups attached to an aromatic ring is 2. The molecule has 66 valence electrons. The Labute approximate surface area is 72.3 Å². The number of methoxy groups -OCH3 is 1. The van der Waals surface area contributed by atoms with E-state index in [1.54, 1.807) is 13.2 Å². The summed E-state index contributed by atoms with van der Waals surface area (Å²) in [5.41, 5.74) is 13.9. The number of hydrogen-bond donors (Lipinski definition) is 2. The molecule has 3 heteroatoms. The minimum atomic E-state index is 0.642. The largest absolute Gasteiger partial charge is 0.495 e. The van der Waals surface area contributed by atoms with Crippen molar-refractivity contribution in [2.75, 3.05) is 18.6 Å². The van der Waals surface area contributed by atoms with Crippen LogP contribution in [0.15, 0.2) is 12.1 Å². The highest BCUT2D eigenvalue weighted by Gasteiger charge is 2.03. The molecule has 0 saturated carbocycles. The highest BCUT2D eigenvalue weighted by atomic mass is 16.5. The van der Waals surface area contributed by atoms with Gasteiger partial charge in [-0.15, -0.1) is 0 Å². The summed E-state index contributed by atoms with van der Waals surface area (Å²) >= 11 is 0. The summed E-state index contributed by atoms with van der Waals surface area (Å²) < 4.78 is 5.02. The third-order valence-electron chi connectivity index (χ3n) is 1.87. The van der Waals surface area contributed by atoms with Gasteiger partial charge < -0.3 is 16.2 Å². The topological polar surface area (TPSA) is 61.3 Å². The Bertz CT molecular complexity index is 254. The Morgan fingerprint density at radius 3 is 2.42 bits per heavy atom. The molecule has 0 aliphatic rings. The predicted octanol–water partition coefficient (Wildman–Crippen LogP) is 1.42. The highest BCUT2D eigenvalue weighted by molar-refractivity contribution is 5.64. The molecule has 0 heterocycles. The predicted molar refractivity (Wildman–Crippen MR) is 51.2 cm³/mol. The Morgan fingerprint density at radius 2 is 1.92 bits per heavy atom. The zero-order valence-corrected chi connectivity index (χ0v) is 7.42. The Balaban J connectivity index is 3.16. The summed E-state index contributed by atoms with van der Waals surface area (Å²) in [6.45, 7) is 2.04. The lowest BCUT2D eigenvalue weighted by atomic mass is 10.1. The van der Waals surface area contributed by atoms with Crippen molar-refractivity contribution in [3.8, 4) is 5.75 Å². The molecule has 1 aromatic carbocycles. The van der Waals surface area contributed by atoms with Gasteiger partial charge in [0.2, 0.25) is 0 Å². The van der Waals surface area contributed by atoms with Crippen LogP contribution in [0.25, 0.3) is 0 Å². The molecule has 1 rings (SSSR count). The van der Waals surface area contributed by atoms with Crippen molar-refractivity contribution < 1.29 is 4.74 Å². The van der Waals surface area contributed by atoms with E-state index in [-0.39, 0.29) is 0 Å². The molecule has 0 aliphatic heterocycles. The SMILES string of the molecule is CCc1cc(N)c(OC)cc1N. The molecule has 0 spiro atoms. The first kappa shape index (κ1) is 8.71. The molecule has 0 unspecified atom stereocenters. The van der Waals surface area contributed by atoms with E-state index in [0.29, 0.717) is 11.4 Å². The molecule has 1 aromatic rings. The molecule has 0 radical (unpaired) electrons. The van der Waals surface area contributed by atoms with Crippen molar-refractivity contribution in [1.82, 2.24) is 0 Å². The molecule has 0 atom stereocenters. The van der Waals surface area contributed by atoms with Crippen LogP contribution in [0.3, 0.4) is 0 Å². The van der Waals surface area contributed by atoms with Crippen molar-refractivity contribution in [3.05, 3.63) is 17.7 Å². The maximum Gasteiger partial charge on any atom is 0.143 e. The van der Waals surface area contributed by atoms with Crippen LogP contribution in [-0.4, -0.2) is 7.11 Å². The maximum atomic E-state index is 5.74. The molecule has 0 aromatic heterocycles. The van der Waals surface area contributed by atoms with Gasteiger partial charge in [0, 0.05) is 11.8 Å². The lowest BCUT2D eigenvalue weighted by Crippen LogP contribution is -1.98. The number of hydrogen-bond acceptors (Lipinski definition) is 3. The monoisotopic (exact) mass is 166 g/mol. The molecule has 0 bridgehead atoms. The average Bonchev–Trinajstić information content (AvgIpc) is 2.08. The van der Waals surface area contributed by atoms with E-state index in [4.69, 9.17) is 16.2 Å². The van der Waals surface area contributed by atoms with Crippen LogP contribution in [0.2, 0.25) is 0 Å². The van der Waals surface area contributed by atoms with Crippen LogP contribution in [0.1, 0.15) is 12.5 Å². The second kappa shape index (κ2) is 3.34. The number of rotatable bonds is 2. The van der Waals surface area contributed by atoms with Gasteiger partial charge in [-0.05, 0) is 18.1 Å². The number of anilines is 2. The van der Waals surface area contributed by atoms with Gasteiger partial charge in [0.05, 0.1) is 12.8 Å². The standard InChI is InChI=1S/C9H14N2O/c1-3-6-4-8(11)9(12-2)5-7(6)10/h4-5H,3,10-11H2,1-2H3. The van der Waals surface area contributed by atoms with Crippen LogP contribution < -0.4 is 16.2 Å². The first-order chi connectivity index (χ1) is 5.69. The van der Waals surface area contributed by atoms with E-state index in [0.717, 1.165) is 17.7 Å². The van der Waals surface area contributed by atoms with Crippen molar-refractivity contribution in [2.24, 2.45) is 0 Å². The number of ether oxygens (including phenoxy) is 1. The molecule has 3 nitrogen and oxygen atoms in total. The summed E-state index contributed by atoms with van der Waals surface area (Å²) in [4.78, 5) is 0. The lowest BCUT2D eigenvalue weighted by molar-refractivity contribution is 0.417. The van der Waals surface area contributed by atoms with Crippen LogP contribution in [0.5, 0.6) is 5.75 Å². The second-order valence-electron chi connectivity index (χ2n) is 2.65. The minimum absolute atomic E-state index is 0.642. The van der Waals surface area contributed by atoms with Gasteiger partial charge in [-0.25, -0.2) is 0 Å². The van der Waals surface area contributed by atoms with Crippen molar-refractivity contribution in [1.29, 1.82) is 0 Å². The quantitative estimate of drug-likeness (QED) is 0.653. The van der Waals surface area contributed by atoms with Crippen molar-refractivity contribution in [3.63, 3.8) is 0 Å². The number of nitrogens with two attached hydrogens (primary N) is 2. The van der Waals surface area contributed by atoms with Gasteiger partial charge in [-0.2, -0.15) is 0 Å². The van der Waals surface area contributed by atoms with Gasteiger partial charge in [0.15, 0.2) is 0 Å². The Hall–Kier alpha value is -1.38. The summed E-state index contributed by atoms with van der Waals surface area (Å²) in [5, 5.41) is 0. The first-order valence-electron chi connectivity index (χ1n) is 3.91. The molecule has 12 heavy (non-hydrogen) atoms. The van der Waals surface area contributed by atoms with Crippen LogP contribution in [0.4, 0.5) is 11.4 Å². The molecular formula is C9H14N2O. The summed E-state index contributed by atoms with van der Waals surface area (Å²) in [7, 11) is 1.58. The smallest absolute Gasteiger partial charge is 0.143 e. The Kier molecular flexibility index (Phi) is 2.43. The van der Waals surface area contributed by atoms with Gasteiger partial charge >= 0.3 is 0 Å². The molecular weight excluding hydrogens is 152 g/mol. The second-order valence-corrected chi connectivity index (χ2v) is 2.65. The fourth-order valence-corrected chi connectivity index (χ4v) is 1.14. The van der Waals surface area contributed by atoms with Crippen molar-refractivity contribution >= 4 is 11.4 Å². The molecule has 0 fully saturated rings. The highest BCUT2D eigenvalue weighted by Crippen LogP contribution is 2.27. The molecule has 0 amide bonds. The molecule has 0 saturated heterocycles. The summed E-state index contributed by atoms with van der Waals surface area (Å²) in [5.74, 6) is 0.643. The number of benzene rings is 1. The number of aryl methyl sites for hydroxylation is 1. The van der Waals surface area contributed by atoms with Crippen molar-refractivity contribution in [2.45, 2.75) is 13.3 Å². The summed E-state index contributed by atoms with van der Waals surface area (Å²) in [6, 6.07) is 3.61. The summed E-state index contributed by atoms with van der Waals surface area (Å²) in [6.07, 6.45) is 0.889. The fraction of sp³-hybridized carbons (Fsp3) is 0.333. The normalized spacial score (nSPS) is 9.83. The molecule has 4 N–H and O–H groups in total. The van der Waals surface area contributed by atoms with E-state index >= 15 is 0 Å². The van der Waals surface area contributed by atoms with Gasteiger partial charge in [-0.3, -0.25) is 0 Å². The van der Waals surface area contributed by atoms with E-state index in [2.05, 4.69) is 0 Å². The average molecular weight is 166 g/mol. The third kappa shape index (κ3) is 1.44. The van der Waals surface area contributed by atoms with E-state index in [1.165, 1.54) is 0 Å². The molecule has 0 aliphatic carbocycles. The fourth-order valence-electron chi connectivity index (χ4n) is 1.14. The van der Waals surface area contributed by atoms with Gasteiger partial charge in [0.25, 0.3) is 0 Å².